The van der Waals surface area contributed by atoms with Crippen molar-refractivity contribution in [2.24, 2.45) is 0 Å². The molecule has 0 spiro atoms. The van der Waals surface area contributed by atoms with Gasteiger partial charge < -0.3 is 20.5 Å². The van der Waals surface area contributed by atoms with E-state index in [1.165, 1.54) is 0 Å². The molecule has 0 saturated carbocycles. The summed E-state index contributed by atoms with van der Waals surface area (Å²) in [6.07, 6.45) is 1.46. The summed E-state index contributed by atoms with van der Waals surface area (Å²) < 4.78 is 32.1. The molecular weight excluding hydrogens is 488 g/mol. The maximum absolute atomic E-state index is 12.8. The van der Waals surface area contributed by atoms with E-state index in [-0.39, 0.29) is 12.5 Å². The lowest BCUT2D eigenvalue weighted by Crippen LogP contribution is -2.38. The van der Waals surface area contributed by atoms with E-state index in [9.17, 15) is 13.9 Å². The van der Waals surface area contributed by atoms with Crippen molar-refractivity contribution in [3.63, 3.8) is 0 Å². The monoisotopic (exact) mass is 519 g/mol. The normalized spacial score (nSPS) is 16.5. The van der Waals surface area contributed by atoms with E-state index in [0.29, 0.717) is 29.7 Å². The van der Waals surface area contributed by atoms with E-state index < -0.39 is 12.5 Å². The van der Waals surface area contributed by atoms with Gasteiger partial charge in [-0.3, -0.25) is 0 Å². The molecule has 1 fully saturated rings. The molecule has 1 aliphatic rings. The minimum Gasteiger partial charge on any atom is -0.437 e. The molecule has 1 aliphatic heterocycles. The average Bonchev–Trinajstić information content (AvgIpc) is 2.94. The van der Waals surface area contributed by atoms with Crippen LogP contribution >= 0.6 is 0 Å². The van der Waals surface area contributed by atoms with Gasteiger partial charge in [0, 0.05) is 30.4 Å². The third-order valence-electron chi connectivity index (χ3n) is 6.83. The van der Waals surface area contributed by atoms with E-state index in [1.54, 1.807) is 12.4 Å². The van der Waals surface area contributed by atoms with E-state index in [1.807, 2.05) is 55.5 Å². The molecule has 0 unspecified atom stereocenters. The molecule has 4 aromatic rings. The summed E-state index contributed by atoms with van der Waals surface area (Å²) in [5.74, 6) is 1.60. The molecule has 0 radical (unpaired) electrons. The molecule has 38 heavy (non-hydrogen) atoms. The highest BCUT2D eigenvalue weighted by Gasteiger charge is 2.19. The van der Waals surface area contributed by atoms with Crippen molar-refractivity contribution in [3.8, 4) is 22.9 Å². The summed E-state index contributed by atoms with van der Waals surface area (Å²) >= 11 is 0. The highest BCUT2D eigenvalue weighted by Crippen LogP contribution is 2.37. The van der Waals surface area contributed by atoms with Gasteiger partial charge in [0.2, 0.25) is 11.8 Å². The Morgan fingerprint density at radius 3 is 2.79 bits per heavy atom. The van der Waals surface area contributed by atoms with Crippen LogP contribution in [0.15, 0.2) is 60.9 Å². The predicted molar refractivity (Wildman–Crippen MR) is 144 cm³/mol. The Morgan fingerprint density at radius 2 is 1.97 bits per heavy atom. The van der Waals surface area contributed by atoms with Crippen LogP contribution in [0.25, 0.3) is 22.0 Å². The zero-order chi connectivity index (χ0) is 26.5. The van der Waals surface area contributed by atoms with Gasteiger partial charge in [-0.15, -0.1) is 0 Å². The molecular formula is C29H31F2N5O2. The van der Waals surface area contributed by atoms with Gasteiger partial charge in [-0.1, -0.05) is 30.3 Å². The van der Waals surface area contributed by atoms with Crippen LogP contribution in [0.2, 0.25) is 0 Å². The number of pyridine rings is 1. The van der Waals surface area contributed by atoms with Gasteiger partial charge in [0.25, 0.3) is 6.43 Å². The van der Waals surface area contributed by atoms with Crippen LogP contribution in [0.1, 0.15) is 30.4 Å². The first-order valence-corrected chi connectivity index (χ1v) is 12.9. The standard InChI is InChI=1S/C29H31F2N5O2/c1-18-9-11-21-19(10-12-25(37)27(30)31)5-2-7-22(21)26(18)38-28-23(8-4-15-33-28)24-13-16-34-29(36-24)35-20-6-3-14-32-17-20/h2,4-5,7-9,11,13,15-16,20,25,27,32,37H,3,6,10,12,14,17H2,1H3,(H,34,35,36)/t20-,25+/m0/s1. The number of benzene rings is 2. The Balaban J connectivity index is 1.45. The lowest BCUT2D eigenvalue weighted by atomic mass is 9.97. The quantitative estimate of drug-likeness (QED) is 0.268. The van der Waals surface area contributed by atoms with Crippen molar-refractivity contribution < 1.29 is 18.6 Å². The number of alkyl halides is 2. The highest BCUT2D eigenvalue weighted by atomic mass is 19.3. The van der Waals surface area contributed by atoms with Crippen molar-refractivity contribution >= 4 is 16.7 Å². The predicted octanol–water partition coefficient (Wildman–Crippen LogP) is 5.52. The van der Waals surface area contributed by atoms with Gasteiger partial charge in [-0.2, -0.15) is 0 Å². The molecule has 0 amide bonds. The number of fused-ring (bicyclic) bond motifs is 1. The Kier molecular flexibility index (Phi) is 8.05. The smallest absolute Gasteiger partial charge is 0.264 e. The topological polar surface area (TPSA) is 92.2 Å². The van der Waals surface area contributed by atoms with Gasteiger partial charge in [0.15, 0.2) is 0 Å². The number of anilines is 1. The maximum Gasteiger partial charge on any atom is 0.264 e. The second-order valence-corrected chi connectivity index (χ2v) is 9.58. The molecule has 3 N–H and O–H groups in total. The average molecular weight is 520 g/mol. The number of aryl methyl sites for hydroxylation is 2. The Morgan fingerprint density at radius 1 is 1.08 bits per heavy atom. The van der Waals surface area contributed by atoms with E-state index in [4.69, 9.17) is 9.72 Å². The van der Waals surface area contributed by atoms with Crippen molar-refractivity contribution in [2.45, 2.75) is 51.2 Å². The number of piperidine rings is 1. The van der Waals surface area contributed by atoms with Crippen LogP contribution in [0, 0.1) is 6.92 Å². The molecule has 5 rings (SSSR count). The van der Waals surface area contributed by atoms with Crippen LogP contribution in [0.3, 0.4) is 0 Å². The fraction of sp³-hybridized carbons (Fsp3) is 0.345. The first-order valence-electron chi connectivity index (χ1n) is 12.9. The maximum atomic E-state index is 12.8. The SMILES string of the molecule is Cc1ccc2c(CC[C@@H](O)C(F)F)cccc2c1Oc1ncccc1-c1ccnc(N[C@H]2CCCNC2)n1. The Hall–Kier alpha value is -3.69. The fourth-order valence-electron chi connectivity index (χ4n) is 4.79. The zero-order valence-electron chi connectivity index (χ0n) is 21.2. The number of nitrogens with one attached hydrogen (secondary N) is 2. The number of nitrogens with zero attached hydrogens (tertiary/aromatic N) is 3. The van der Waals surface area contributed by atoms with E-state index >= 15 is 0 Å². The lowest BCUT2D eigenvalue weighted by Gasteiger charge is -2.23. The lowest BCUT2D eigenvalue weighted by molar-refractivity contribution is -0.00845. The van der Waals surface area contributed by atoms with Crippen molar-refractivity contribution in [1.29, 1.82) is 0 Å². The number of ether oxygens (including phenoxy) is 1. The summed E-state index contributed by atoms with van der Waals surface area (Å²) in [4.78, 5) is 13.7. The van der Waals surface area contributed by atoms with Crippen LogP contribution < -0.4 is 15.4 Å². The molecule has 9 heteroatoms. The number of hydrogen-bond donors (Lipinski definition) is 3. The van der Waals surface area contributed by atoms with E-state index in [2.05, 4.69) is 20.6 Å². The summed E-state index contributed by atoms with van der Waals surface area (Å²) in [6.45, 7) is 3.86. The number of aliphatic hydroxyl groups excluding tert-OH is 1. The molecule has 0 bridgehead atoms. The molecule has 0 aliphatic carbocycles. The summed E-state index contributed by atoms with van der Waals surface area (Å²) in [7, 11) is 0. The molecule has 198 valence electrons. The van der Waals surface area contributed by atoms with Crippen LogP contribution in [0.5, 0.6) is 11.6 Å². The van der Waals surface area contributed by atoms with Crippen LogP contribution in [-0.4, -0.2) is 51.7 Å². The number of halogens is 2. The minimum absolute atomic E-state index is 0.0216. The molecule has 1 saturated heterocycles. The largest absolute Gasteiger partial charge is 0.437 e. The summed E-state index contributed by atoms with van der Waals surface area (Å²) in [5, 5.41) is 18.1. The van der Waals surface area contributed by atoms with E-state index in [0.717, 1.165) is 53.4 Å². The number of rotatable bonds is 9. The first-order chi connectivity index (χ1) is 18.5. The van der Waals surface area contributed by atoms with Crippen LogP contribution in [-0.2, 0) is 6.42 Å². The van der Waals surface area contributed by atoms with Gasteiger partial charge >= 0.3 is 0 Å². The second kappa shape index (κ2) is 11.8. The Labute approximate surface area is 220 Å². The van der Waals surface area contributed by atoms with Crippen molar-refractivity contribution in [1.82, 2.24) is 20.3 Å². The van der Waals surface area contributed by atoms with Crippen LogP contribution in [0.4, 0.5) is 14.7 Å². The van der Waals surface area contributed by atoms with Gasteiger partial charge in [0.1, 0.15) is 11.9 Å². The molecule has 3 heterocycles. The zero-order valence-corrected chi connectivity index (χ0v) is 21.2. The minimum atomic E-state index is -2.76. The Bertz CT molecular complexity index is 1390. The second-order valence-electron chi connectivity index (χ2n) is 9.58. The third-order valence-corrected chi connectivity index (χ3v) is 6.83. The van der Waals surface area contributed by atoms with Gasteiger partial charge in [-0.05, 0) is 73.9 Å². The summed E-state index contributed by atoms with van der Waals surface area (Å²) in [6, 6.07) is 15.5. The summed E-state index contributed by atoms with van der Waals surface area (Å²) in [5.41, 5.74) is 3.20. The molecule has 2 atom stereocenters. The van der Waals surface area contributed by atoms with Gasteiger partial charge in [0.05, 0.1) is 11.3 Å². The fourth-order valence-corrected chi connectivity index (χ4v) is 4.79. The first kappa shape index (κ1) is 25.9. The van der Waals surface area contributed by atoms with Crippen molar-refractivity contribution in [3.05, 3.63) is 72.1 Å². The molecule has 7 nitrogen and oxygen atoms in total. The number of aliphatic hydroxyl groups is 1. The van der Waals surface area contributed by atoms with Crippen molar-refractivity contribution in [2.75, 3.05) is 18.4 Å². The third kappa shape index (κ3) is 5.89. The van der Waals surface area contributed by atoms with Gasteiger partial charge in [-0.25, -0.2) is 23.7 Å². The molecule has 2 aromatic heterocycles. The number of hydrogen-bond acceptors (Lipinski definition) is 7. The highest BCUT2D eigenvalue weighted by molar-refractivity contribution is 5.92. The molecule has 2 aromatic carbocycles. The number of aromatic nitrogens is 3.